The number of carbonyl (C=O) groups is 1. The molecule has 2 N–H and O–H groups in total. The normalized spacial score (nSPS) is 15.7. The average Bonchev–Trinajstić information content (AvgIpc) is 3.28. The van der Waals surface area contributed by atoms with Gasteiger partial charge in [0.15, 0.2) is 0 Å². The first kappa shape index (κ1) is 25.3. The standard InChI is InChI=1S/C27H38N2O3S/c1-19(2)23-15-10-16-24(20(3)4)27(23)29-33(31,32)18-26(30)28-17-25(22-13-8-9-14-22)21-11-6-5-7-12-21/h5-7,10-12,15-16,19-20,22,25,29H,8-9,13-14,17-18H2,1-4H3,(H,28,30). The highest BCUT2D eigenvalue weighted by molar-refractivity contribution is 7.93. The number of benzene rings is 2. The van der Waals surface area contributed by atoms with Gasteiger partial charge in [-0.1, -0.05) is 89.1 Å². The molecule has 0 bridgehead atoms. The number of carbonyl (C=O) groups excluding carboxylic acids is 1. The van der Waals surface area contributed by atoms with Crippen molar-refractivity contribution in [2.75, 3.05) is 17.0 Å². The number of nitrogens with one attached hydrogen (secondary N) is 2. The van der Waals surface area contributed by atoms with Crippen LogP contribution in [0.4, 0.5) is 5.69 Å². The van der Waals surface area contributed by atoms with E-state index in [4.69, 9.17) is 0 Å². The number of hydrogen-bond acceptors (Lipinski definition) is 3. The van der Waals surface area contributed by atoms with E-state index in [9.17, 15) is 13.2 Å². The summed E-state index contributed by atoms with van der Waals surface area (Å²) >= 11 is 0. The summed E-state index contributed by atoms with van der Waals surface area (Å²) in [7, 11) is -3.84. The Bertz CT molecular complexity index is 1000. The van der Waals surface area contributed by atoms with E-state index in [1.54, 1.807) is 0 Å². The molecule has 1 aliphatic rings. The lowest BCUT2D eigenvalue weighted by Gasteiger charge is -2.24. The second kappa shape index (κ2) is 11.2. The van der Waals surface area contributed by atoms with Gasteiger partial charge in [0.05, 0.1) is 5.69 Å². The summed E-state index contributed by atoms with van der Waals surface area (Å²) in [6.07, 6.45) is 4.74. The molecule has 1 unspecified atom stereocenters. The molecule has 33 heavy (non-hydrogen) atoms. The number of rotatable bonds is 10. The van der Waals surface area contributed by atoms with Crippen LogP contribution in [-0.4, -0.2) is 26.6 Å². The molecule has 3 rings (SSSR count). The third kappa shape index (κ3) is 6.83. The minimum Gasteiger partial charge on any atom is -0.355 e. The van der Waals surface area contributed by atoms with Crippen molar-refractivity contribution in [2.45, 2.75) is 71.1 Å². The predicted molar refractivity (Wildman–Crippen MR) is 136 cm³/mol. The predicted octanol–water partition coefficient (Wildman–Crippen LogP) is 5.77. The monoisotopic (exact) mass is 470 g/mol. The fourth-order valence-corrected chi connectivity index (χ4v) is 5.99. The number of para-hydroxylation sites is 1. The van der Waals surface area contributed by atoms with Crippen LogP contribution in [0.5, 0.6) is 0 Å². The van der Waals surface area contributed by atoms with Crippen molar-refractivity contribution < 1.29 is 13.2 Å². The van der Waals surface area contributed by atoms with E-state index < -0.39 is 21.7 Å². The van der Waals surface area contributed by atoms with E-state index in [1.165, 1.54) is 18.4 Å². The van der Waals surface area contributed by atoms with Gasteiger partial charge in [0, 0.05) is 12.5 Å². The van der Waals surface area contributed by atoms with Gasteiger partial charge in [0.1, 0.15) is 5.75 Å². The first-order chi connectivity index (χ1) is 15.7. The van der Waals surface area contributed by atoms with Crippen LogP contribution >= 0.6 is 0 Å². The topological polar surface area (TPSA) is 75.3 Å². The molecule has 6 heteroatoms. The molecular formula is C27H38N2O3S. The molecule has 1 aliphatic carbocycles. The van der Waals surface area contributed by atoms with Crippen LogP contribution in [0.25, 0.3) is 0 Å². The van der Waals surface area contributed by atoms with Gasteiger partial charge in [-0.2, -0.15) is 0 Å². The van der Waals surface area contributed by atoms with Gasteiger partial charge in [-0.05, 0) is 47.3 Å². The Hall–Kier alpha value is -2.34. The first-order valence-corrected chi connectivity index (χ1v) is 13.8. The Balaban J connectivity index is 1.70. The summed E-state index contributed by atoms with van der Waals surface area (Å²) < 4.78 is 28.7. The number of sulfonamides is 1. The van der Waals surface area contributed by atoms with Gasteiger partial charge in [0.2, 0.25) is 15.9 Å². The molecular weight excluding hydrogens is 432 g/mol. The fraction of sp³-hybridized carbons (Fsp3) is 0.519. The van der Waals surface area contributed by atoms with Crippen molar-refractivity contribution in [3.05, 3.63) is 65.2 Å². The molecule has 2 aromatic carbocycles. The van der Waals surface area contributed by atoms with Crippen LogP contribution in [0.1, 0.15) is 87.8 Å². The summed E-state index contributed by atoms with van der Waals surface area (Å²) in [6, 6.07) is 16.1. The Morgan fingerprint density at radius 1 is 0.909 bits per heavy atom. The molecule has 0 aromatic heterocycles. The summed E-state index contributed by atoms with van der Waals surface area (Å²) in [6.45, 7) is 8.61. The van der Waals surface area contributed by atoms with Gasteiger partial charge in [-0.25, -0.2) is 8.42 Å². The number of amides is 1. The molecule has 1 amide bonds. The molecule has 1 saturated carbocycles. The lowest BCUT2D eigenvalue weighted by Crippen LogP contribution is -2.36. The van der Waals surface area contributed by atoms with Gasteiger partial charge in [-0.3, -0.25) is 9.52 Å². The van der Waals surface area contributed by atoms with E-state index in [0.717, 1.165) is 24.0 Å². The first-order valence-electron chi connectivity index (χ1n) is 12.1. The maximum absolute atomic E-state index is 13.0. The van der Waals surface area contributed by atoms with E-state index in [0.29, 0.717) is 18.2 Å². The van der Waals surface area contributed by atoms with Crippen molar-refractivity contribution in [2.24, 2.45) is 5.92 Å². The largest absolute Gasteiger partial charge is 0.355 e. The Labute approximate surface area is 199 Å². The van der Waals surface area contributed by atoms with Crippen molar-refractivity contribution in [1.82, 2.24) is 5.32 Å². The summed E-state index contributed by atoms with van der Waals surface area (Å²) in [4.78, 5) is 12.7. The van der Waals surface area contributed by atoms with Gasteiger partial charge in [0.25, 0.3) is 0 Å². The van der Waals surface area contributed by atoms with E-state index in [1.807, 2.05) is 64.1 Å². The summed E-state index contributed by atoms with van der Waals surface area (Å²) in [5.74, 6) is 0.0101. The second-order valence-electron chi connectivity index (χ2n) is 9.85. The maximum atomic E-state index is 13.0. The van der Waals surface area contributed by atoms with E-state index in [-0.39, 0.29) is 17.8 Å². The lowest BCUT2D eigenvalue weighted by molar-refractivity contribution is -0.118. The maximum Gasteiger partial charge on any atom is 0.241 e. The Morgan fingerprint density at radius 2 is 1.48 bits per heavy atom. The van der Waals surface area contributed by atoms with Crippen LogP contribution in [0.3, 0.4) is 0 Å². The molecule has 5 nitrogen and oxygen atoms in total. The molecule has 0 heterocycles. The van der Waals surface area contributed by atoms with Gasteiger partial charge >= 0.3 is 0 Å². The van der Waals surface area contributed by atoms with Crippen LogP contribution < -0.4 is 10.0 Å². The second-order valence-corrected chi connectivity index (χ2v) is 11.6. The molecule has 0 aliphatic heterocycles. The zero-order valence-corrected chi connectivity index (χ0v) is 21.1. The van der Waals surface area contributed by atoms with E-state index in [2.05, 4.69) is 22.2 Å². The quantitative estimate of drug-likeness (QED) is 0.463. The highest BCUT2D eigenvalue weighted by Gasteiger charge is 2.28. The molecule has 0 spiro atoms. The summed E-state index contributed by atoms with van der Waals surface area (Å²) in [5.41, 5.74) is 3.70. The van der Waals surface area contributed by atoms with Gasteiger partial charge < -0.3 is 5.32 Å². The number of anilines is 1. The SMILES string of the molecule is CC(C)c1cccc(C(C)C)c1NS(=O)(=O)CC(=O)NCC(c1ccccc1)C1CCCC1. The molecule has 0 radical (unpaired) electrons. The van der Waals surface area contributed by atoms with Gasteiger partial charge in [-0.15, -0.1) is 0 Å². The minimum absolute atomic E-state index is 0.160. The van der Waals surface area contributed by atoms with Crippen molar-refractivity contribution in [3.63, 3.8) is 0 Å². The smallest absolute Gasteiger partial charge is 0.241 e. The van der Waals surface area contributed by atoms with Crippen molar-refractivity contribution >= 4 is 21.6 Å². The van der Waals surface area contributed by atoms with Crippen molar-refractivity contribution in [3.8, 4) is 0 Å². The molecule has 1 atom stereocenters. The highest BCUT2D eigenvalue weighted by Crippen LogP contribution is 2.37. The Kier molecular flexibility index (Phi) is 8.57. The lowest BCUT2D eigenvalue weighted by atomic mass is 9.85. The fourth-order valence-electron chi connectivity index (χ4n) is 4.92. The Morgan fingerprint density at radius 3 is 2.03 bits per heavy atom. The molecule has 0 saturated heterocycles. The molecule has 180 valence electrons. The van der Waals surface area contributed by atoms with Crippen LogP contribution in [0.2, 0.25) is 0 Å². The zero-order valence-electron chi connectivity index (χ0n) is 20.3. The zero-order chi connectivity index (χ0) is 24.0. The third-order valence-corrected chi connectivity index (χ3v) is 7.82. The highest BCUT2D eigenvalue weighted by atomic mass is 32.2. The summed E-state index contributed by atoms with van der Waals surface area (Å²) in [5, 5.41) is 2.92. The van der Waals surface area contributed by atoms with Crippen LogP contribution in [-0.2, 0) is 14.8 Å². The third-order valence-electron chi connectivity index (χ3n) is 6.67. The van der Waals surface area contributed by atoms with E-state index >= 15 is 0 Å². The average molecular weight is 471 g/mol. The van der Waals surface area contributed by atoms with Crippen LogP contribution in [0.15, 0.2) is 48.5 Å². The minimum atomic E-state index is -3.84. The molecule has 2 aromatic rings. The molecule has 1 fully saturated rings. The van der Waals surface area contributed by atoms with Crippen molar-refractivity contribution in [1.29, 1.82) is 0 Å². The van der Waals surface area contributed by atoms with Crippen LogP contribution in [0, 0.1) is 5.92 Å². The number of hydrogen-bond donors (Lipinski definition) is 2.